The van der Waals surface area contributed by atoms with E-state index in [4.69, 9.17) is 11.6 Å². The zero-order valence-corrected chi connectivity index (χ0v) is 21.5. The molecule has 0 saturated carbocycles. The van der Waals surface area contributed by atoms with Gasteiger partial charge in [-0.1, -0.05) is 11.6 Å². The molecule has 3 aromatic carbocycles. The highest BCUT2D eigenvalue weighted by Gasteiger charge is 2.39. The van der Waals surface area contributed by atoms with E-state index in [9.17, 15) is 31.5 Å². The number of nitrogens with zero attached hydrogens (tertiary/aromatic N) is 2. The van der Waals surface area contributed by atoms with Crippen LogP contribution < -0.4 is 5.32 Å². The molecule has 1 saturated heterocycles. The second-order valence-electron chi connectivity index (χ2n) is 9.58. The SMILES string of the molecule is CC1(NC(=O)c2ccc3c(-c4cc(C(F)(F)F)ccc4Cl)nn(-c4ccc(F)cc4)c3c2)CCS(O)(O)C1. The fourth-order valence-electron chi connectivity index (χ4n) is 4.61. The molecule has 0 bridgehead atoms. The van der Waals surface area contributed by atoms with E-state index < -0.39 is 39.6 Å². The lowest BCUT2D eigenvalue weighted by molar-refractivity contribution is -0.137. The Hall–Kier alpha value is -3.12. The minimum atomic E-state index is -4.60. The van der Waals surface area contributed by atoms with Gasteiger partial charge in [-0.3, -0.25) is 13.9 Å². The summed E-state index contributed by atoms with van der Waals surface area (Å²) in [7, 11) is -2.76. The van der Waals surface area contributed by atoms with Crippen LogP contribution in [-0.4, -0.2) is 41.8 Å². The Balaban J connectivity index is 1.64. The van der Waals surface area contributed by atoms with Crippen LogP contribution in [0.15, 0.2) is 60.7 Å². The van der Waals surface area contributed by atoms with Gasteiger partial charge in [-0.05, 0) is 74.0 Å². The van der Waals surface area contributed by atoms with Crippen LogP contribution in [-0.2, 0) is 6.18 Å². The predicted molar refractivity (Wildman–Crippen MR) is 140 cm³/mol. The average molecular weight is 568 g/mol. The first-order valence-electron chi connectivity index (χ1n) is 11.5. The molecule has 1 unspecified atom stereocenters. The Labute approximate surface area is 221 Å². The highest BCUT2D eigenvalue weighted by atomic mass is 35.5. The molecule has 1 amide bonds. The molecule has 12 heteroatoms. The van der Waals surface area contributed by atoms with Crippen LogP contribution in [0.1, 0.15) is 29.3 Å². The average Bonchev–Trinajstić information content (AvgIpc) is 3.34. The van der Waals surface area contributed by atoms with E-state index in [1.807, 2.05) is 0 Å². The van der Waals surface area contributed by atoms with Crippen LogP contribution in [0, 0.1) is 5.82 Å². The fraction of sp³-hybridized carbons (Fsp3) is 0.231. The van der Waals surface area contributed by atoms with E-state index in [0.717, 1.165) is 18.2 Å². The molecule has 1 aliphatic heterocycles. The van der Waals surface area contributed by atoms with Crippen LogP contribution >= 0.6 is 22.2 Å². The Kier molecular flexibility index (Phi) is 6.46. The Morgan fingerprint density at radius 3 is 2.45 bits per heavy atom. The maximum atomic E-state index is 13.6. The van der Waals surface area contributed by atoms with E-state index in [2.05, 4.69) is 10.4 Å². The van der Waals surface area contributed by atoms with Gasteiger partial charge in [0.2, 0.25) is 0 Å². The summed E-state index contributed by atoms with van der Waals surface area (Å²) in [5.74, 6) is -0.708. The van der Waals surface area contributed by atoms with Gasteiger partial charge in [0.15, 0.2) is 0 Å². The topological polar surface area (TPSA) is 87.4 Å². The van der Waals surface area contributed by atoms with Gasteiger partial charge in [0.1, 0.15) is 11.5 Å². The number of halogens is 5. The lowest BCUT2D eigenvalue weighted by Crippen LogP contribution is -2.46. The lowest BCUT2D eigenvalue weighted by Gasteiger charge is -2.30. The Bertz CT molecular complexity index is 1560. The van der Waals surface area contributed by atoms with E-state index in [-0.39, 0.29) is 33.3 Å². The molecule has 2 heterocycles. The first-order valence-corrected chi connectivity index (χ1v) is 13.7. The molecule has 1 aliphatic rings. The summed E-state index contributed by atoms with van der Waals surface area (Å²) in [6.45, 7) is 1.74. The molecule has 200 valence electrons. The molecule has 38 heavy (non-hydrogen) atoms. The fourth-order valence-corrected chi connectivity index (χ4v) is 6.97. The highest BCUT2D eigenvalue weighted by Crippen LogP contribution is 2.50. The van der Waals surface area contributed by atoms with Crippen molar-refractivity contribution in [3.8, 4) is 16.9 Å². The van der Waals surface area contributed by atoms with Crippen molar-refractivity contribution in [3.05, 3.63) is 82.6 Å². The first-order chi connectivity index (χ1) is 17.7. The van der Waals surface area contributed by atoms with Crippen molar-refractivity contribution in [2.45, 2.75) is 25.1 Å². The minimum absolute atomic E-state index is 0.0414. The molecule has 5 rings (SSSR count). The van der Waals surface area contributed by atoms with E-state index in [0.29, 0.717) is 23.0 Å². The maximum Gasteiger partial charge on any atom is 0.416 e. The van der Waals surface area contributed by atoms with Crippen molar-refractivity contribution in [2.75, 3.05) is 11.5 Å². The number of alkyl halides is 3. The Morgan fingerprint density at radius 1 is 1.11 bits per heavy atom. The molecule has 6 nitrogen and oxygen atoms in total. The van der Waals surface area contributed by atoms with Crippen LogP contribution in [0.4, 0.5) is 17.6 Å². The third-order valence-corrected chi connectivity index (χ3v) is 8.80. The predicted octanol–water partition coefficient (Wildman–Crippen LogP) is 7.15. The number of rotatable bonds is 4. The number of hydrogen-bond donors (Lipinski definition) is 3. The second-order valence-corrected chi connectivity index (χ2v) is 12.3. The molecule has 1 aromatic heterocycles. The molecule has 3 N–H and O–H groups in total. The van der Waals surface area contributed by atoms with Crippen LogP contribution in [0.5, 0.6) is 0 Å². The van der Waals surface area contributed by atoms with Gasteiger partial charge >= 0.3 is 6.18 Å². The number of carbonyl (C=O) groups is 1. The number of amides is 1. The molecule has 1 fully saturated rings. The van der Waals surface area contributed by atoms with E-state index >= 15 is 0 Å². The van der Waals surface area contributed by atoms with Crippen LogP contribution in [0.3, 0.4) is 0 Å². The number of aromatic nitrogens is 2. The summed E-state index contributed by atoms with van der Waals surface area (Å²) in [6, 6.07) is 12.9. The smallest absolute Gasteiger partial charge is 0.345 e. The van der Waals surface area contributed by atoms with Gasteiger partial charge in [-0.25, -0.2) is 9.07 Å². The van der Waals surface area contributed by atoms with Crippen LogP contribution in [0.2, 0.25) is 5.02 Å². The first kappa shape index (κ1) is 26.5. The van der Waals surface area contributed by atoms with Gasteiger partial charge in [-0.2, -0.15) is 28.9 Å². The molecular weight excluding hydrogens is 546 g/mol. The van der Waals surface area contributed by atoms with Gasteiger partial charge in [0, 0.05) is 22.3 Å². The lowest BCUT2D eigenvalue weighted by atomic mass is 10.0. The minimum Gasteiger partial charge on any atom is -0.345 e. The second kappa shape index (κ2) is 9.26. The third-order valence-electron chi connectivity index (χ3n) is 6.51. The zero-order valence-electron chi connectivity index (χ0n) is 19.9. The van der Waals surface area contributed by atoms with Crippen molar-refractivity contribution in [1.82, 2.24) is 15.1 Å². The van der Waals surface area contributed by atoms with Gasteiger partial charge in [-0.15, -0.1) is 0 Å². The van der Waals surface area contributed by atoms with Crippen molar-refractivity contribution < 1.29 is 31.5 Å². The molecule has 0 spiro atoms. The molecule has 1 atom stereocenters. The summed E-state index contributed by atoms with van der Waals surface area (Å²) in [4.78, 5) is 13.1. The normalized spacial score (nSPS) is 20.0. The monoisotopic (exact) mass is 567 g/mol. The quantitative estimate of drug-likeness (QED) is 0.229. The largest absolute Gasteiger partial charge is 0.416 e. The number of fused-ring (bicyclic) bond motifs is 1. The number of benzene rings is 3. The van der Waals surface area contributed by atoms with Crippen molar-refractivity contribution in [1.29, 1.82) is 0 Å². The van der Waals surface area contributed by atoms with Gasteiger partial charge in [0.25, 0.3) is 5.91 Å². The zero-order chi connectivity index (χ0) is 27.5. The summed E-state index contributed by atoms with van der Waals surface area (Å²) in [6.07, 6.45) is -4.20. The number of hydrogen-bond acceptors (Lipinski definition) is 4. The third kappa shape index (κ3) is 5.11. The maximum absolute atomic E-state index is 13.6. The number of nitrogens with one attached hydrogen (secondary N) is 1. The van der Waals surface area contributed by atoms with E-state index in [1.165, 1.54) is 41.1 Å². The molecule has 4 aromatic rings. The highest BCUT2D eigenvalue weighted by molar-refractivity contribution is 8.24. The number of carbonyl (C=O) groups excluding carboxylic acids is 1. The summed E-state index contributed by atoms with van der Waals surface area (Å²) in [5, 5.41) is 7.87. The summed E-state index contributed by atoms with van der Waals surface area (Å²) >= 11 is 6.30. The summed E-state index contributed by atoms with van der Waals surface area (Å²) < 4.78 is 75.4. The standard InChI is InChI=1S/C26H22ClF4N3O3S/c1-25(10-11-38(36,37)14-25)32-24(35)15-2-8-19-22(12-15)34(18-6-4-17(28)5-7-18)33-23(19)20-13-16(26(29,30)31)3-9-21(20)27/h2-9,12-13,36-37H,10-11,14H2,1H3,(H,32,35). The van der Waals surface area contributed by atoms with Gasteiger partial charge < -0.3 is 5.32 Å². The van der Waals surface area contributed by atoms with Crippen molar-refractivity contribution in [3.63, 3.8) is 0 Å². The molecule has 0 radical (unpaired) electrons. The molecule has 0 aliphatic carbocycles. The Morgan fingerprint density at radius 2 is 1.82 bits per heavy atom. The molecular formula is C26H22ClF4N3O3S. The van der Waals surface area contributed by atoms with Crippen molar-refractivity contribution >= 4 is 39.0 Å². The van der Waals surface area contributed by atoms with Crippen molar-refractivity contribution in [2.24, 2.45) is 0 Å². The van der Waals surface area contributed by atoms with E-state index in [1.54, 1.807) is 13.0 Å². The van der Waals surface area contributed by atoms with Gasteiger partial charge in [0.05, 0.1) is 33.1 Å². The van der Waals surface area contributed by atoms with Crippen LogP contribution in [0.25, 0.3) is 27.8 Å². The summed E-state index contributed by atoms with van der Waals surface area (Å²) in [5.41, 5.74) is -0.468.